The van der Waals surface area contributed by atoms with E-state index in [2.05, 4.69) is 15.3 Å². The van der Waals surface area contributed by atoms with Crippen LogP contribution in [0.2, 0.25) is 0 Å². The summed E-state index contributed by atoms with van der Waals surface area (Å²) < 4.78 is 15.2. The standard InChI is InChI=1S/C24H30FN5O/c1-16-21(10-11-22(31)26-12-15-29-13-4-5-14-29)18(3)30-24(27-16)23(17(2)28-30)19-6-8-20(25)9-7-19/h6-9H,4-5,10-15H2,1-3H3,(H,26,31). The number of carbonyl (C=O) groups is 1. The van der Waals surface area contributed by atoms with Crippen molar-refractivity contribution in [3.8, 4) is 11.1 Å². The van der Waals surface area contributed by atoms with Gasteiger partial charge in [-0.15, -0.1) is 0 Å². The van der Waals surface area contributed by atoms with Crippen molar-refractivity contribution in [1.29, 1.82) is 0 Å². The van der Waals surface area contributed by atoms with Crippen LogP contribution in [0.15, 0.2) is 24.3 Å². The summed E-state index contributed by atoms with van der Waals surface area (Å²) in [4.78, 5) is 19.6. The van der Waals surface area contributed by atoms with Gasteiger partial charge < -0.3 is 10.2 Å². The Kier molecular flexibility index (Phi) is 6.32. The first-order chi connectivity index (χ1) is 14.9. The Morgan fingerprint density at radius 3 is 2.52 bits per heavy atom. The highest BCUT2D eigenvalue weighted by molar-refractivity contribution is 5.80. The lowest BCUT2D eigenvalue weighted by Crippen LogP contribution is -2.33. The SMILES string of the molecule is Cc1nc2c(-c3ccc(F)cc3)c(C)nn2c(C)c1CCC(=O)NCCN1CCCC1. The molecule has 1 saturated heterocycles. The molecule has 1 aromatic carbocycles. The fourth-order valence-corrected chi connectivity index (χ4v) is 4.47. The van der Waals surface area contributed by atoms with Gasteiger partial charge in [-0.05, 0) is 76.4 Å². The largest absolute Gasteiger partial charge is 0.355 e. The number of nitrogens with one attached hydrogen (secondary N) is 1. The number of hydrogen-bond donors (Lipinski definition) is 1. The monoisotopic (exact) mass is 423 g/mol. The van der Waals surface area contributed by atoms with Crippen molar-refractivity contribution in [2.75, 3.05) is 26.2 Å². The smallest absolute Gasteiger partial charge is 0.220 e. The van der Waals surface area contributed by atoms with Gasteiger partial charge in [-0.2, -0.15) is 5.10 Å². The van der Waals surface area contributed by atoms with Crippen LogP contribution in [0.25, 0.3) is 16.8 Å². The Labute approximate surface area is 182 Å². The Hall–Kier alpha value is -2.80. The van der Waals surface area contributed by atoms with Crippen LogP contribution in [0.1, 0.15) is 41.9 Å². The number of aromatic nitrogens is 3. The van der Waals surface area contributed by atoms with Gasteiger partial charge in [0.15, 0.2) is 5.65 Å². The normalized spacial score (nSPS) is 14.5. The van der Waals surface area contributed by atoms with Gasteiger partial charge in [-0.1, -0.05) is 12.1 Å². The maximum absolute atomic E-state index is 13.4. The topological polar surface area (TPSA) is 62.5 Å². The quantitative estimate of drug-likeness (QED) is 0.631. The maximum Gasteiger partial charge on any atom is 0.220 e. The van der Waals surface area contributed by atoms with Crippen LogP contribution in [0.4, 0.5) is 4.39 Å². The van der Waals surface area contributed by atoms with Crippen molar-refractivity contribution in [2.24, 2.45) is 0 Å². The summed E-state index contributed by atoms with van der Waals surface area (Å²) in [6.45, 7) is 9.85. The van der Waals surface area contributed by atoms with Crippen molar-refractivity contribution in [2.45, 2.75) is 46.5 Å². The van der Waals surface area contributed by atoms with Gasteiger partial charge in [-0.3, -0.25) is 4.79 Å². The van der Waals surface area contributed by atoms with Gasteiger partial charge >= 0.3 is 0 Å². The molecule has 0 atom stereocenters. The molecule has 1 amide bonds. The minimum absolute atomic E-state index is 0.0711. The molecule has 0 bridgehead atoms. The molecule has 1 aliphatic heterocycles. The van der Waals surface area contributed by atoms with E-state index >= 15 is 0 Å². The molecule has 4 rings (SSSR count). The van der Waals surface area contributed by atoms with E-state index in [1.54, 1.807) is 12.1 Å². The fourth-order valence-electron chi connectivity index (χ4n) is 4.47. The molecule has 31 heavy (non-hydrogen) atoms. The van der Waals surface area contributed by atoms with E-state index in [0.717, 1.165) is 59.1 Å². The number of hydrogen-bond acceptors (Lipinski definition) is 4. The van der Waals surface area contributed by atoms with E-state index in [1.165, 1.54) is 25.0 Å². The molecule has 0 saturated carbocycles. The van der Waals surface area contributed by atoms with Crippen molar-refractivity contribution >= 4 is 11.6 Å². The second-order valence-corrected chi connectivity index (χ2v) is 8.36. The molecule has 1 N–H and O–H groups in total. The van der Waals surface area contributed by atoms with Gasteiger partial charge in [0.2, 0.25) is 5.91 Å². The Morgan fingerprint density at radius 1 is 1.10 bits per heavy atom. The van der Waals surface area contributed by atoms with Gasteiger partial charge in [0.1, 0.15) is 5.82 Å². The molecule has 1 fully saturated rings. The molecule has 2 aromatic heterocycles. The van der Waals surface area contributed by atoms with Crippen molar-refractivity contribution in [3.63, 3.8) is 0 Å². The number of likely N-dealkylation sites (tertiary alicyclic amines) is 1. The highest BCUT2D eigenvalue weighted by Gasteiger charge is 2.18. The number of amides is 1. The zero-order chi connectivity index (χ0) is 22.0. The molecular formula is C24H30FN5O. The van der Waals surface area contributed by atoms with Crippen LogP contribution >= 0.6 is 0 Å². The Balaban J connectivity index is 1.48. The first kappa shape index (κ1) is 21.4. The van der Waals surface area contributed by atoms with Crippen LogP contribution in [0.3, 0.4) is 0 Å². The number of aryl methyl sites for hydroxylation is 3. The van der Waals surface area contributed by atoms with E-state index < -0.39 is 0 Å². The molecule has 0 aliphatic carbocycles. The van der Waals surface area contributed by atoms with Crippen molar-refractivity contribution < 1.29 is 9.18 Å². The third-order valence-corrected chi connectivity index (χ3v) is 6.18. The predicted octanol–water partition coefficient (Wildman–Crippen LogP) is 3.61. The summed E-state index contributed by atoms with van der Waals surface area (Å²) in [6, 6.07) is 6.42. The van der Waals surface area contributed by atoms with Crippen LogP contribution in [0, 0.1) is 26.6 Å². The molecule has 6 nitrogen and oxygen atoms in total. The van der Waals surface area contributed by atoms with E-state index in [4.69, 9.17) is 4.98 Å². The van der Waals surface area contributed by atoms with E-state index in [9.17, 15) is 9.18 Å². The number of nitrogens with zero attached hydrogens (tertiary/aromatic N) is 4. The number of rotatable bonds is 7. The molecule has 164 valence electrons. The molecule has 0 radical (unpaired) electrons. The highest BCUT2D eigenvalue weighted by Crippen LogP contribution is 2.29. The van der Waals surface area contributed by atoms with Gasteiger partial charge in [0.25, 0.3) is 0 Å². The number of fused-ring (bicyclic) bond motifs is 1. The lowest BCUT2D eigenvalue weighted by Gasteiger charge is -2.15. The van der Waals surface area contributed by atoms with Crippen molar-refractivity contribution in [1.82, 2.24) is 24.8 Å². The van der Waals surface area contributed by atoms with E-state index in [1.807, 2.05) is 25.3 Å². The first-order valence-electron chi connectivity index (χ1n) is 11.0. The zero-order valence-electron chi connectivity index (χ0n) is 18.5. The minimum atomic E-state index is -0.265. The van der Waals surface area contributed by atoms with Gasteiger partial charge in [-0.25, -0.2) is 13.9 Å². The molecule has 7 heteroatoms. The van der Waals surface area contributed by atoms with Crippen LogP contribution in [0.5, 0.6) is 0 Å². The average molecular weight is 424 g/mol. The highest BCUT2D eigenvalue weighted by atomic mass is 19.1. The summed E-state index contributed by atoms with van der Waals surface area (Å²) in [5.41, 5.74) is 6.36. The second-order valence-electron chi connectivity index (χ2n) is 8.36. The predicted molar refractivity (Wildman–Crippen MR) is 120 cm³/mol. The Bertz CT molecular complexity index is 1080. The molecule has 3 heterocycles. The summed E-state index contributed by atoms with van der Waals surface area (Å²) in [5.74, 6) is -0.194. The second kappa shape index (κ2) is 9.14. The lowest BCUT2D eigenvalue weighted by molar-refractivity contribution is -0.121. The molecule has 3 aromatic rings. The first-order valence-corrected chi connectivity index (χ1v) is 11.0. The van der Waals surface area contributed by atoms with Gasteiger partial charge in [0, 0.05) is 36.5 Å². The third kappa shape index (κ3) is 4.61. The number of benzene rings is 1. The van der Waals surface area contributed by atoms with E-state index in [-0.39, 0.29) is 11.7 Å². The maximum atomic E-state index is 13.4. The fraction of sp³-hybridized carbons (Fsp3) is 0.458. The van der Waals surface area contributed by atoms with Crippen LogP contribution in [-0.4, -0.2) is 51.6 Å². The van der Waals surface area contributed by atoms with Gasteiger partial charge in [0.05, 0.1) is 5.69 Å². The molecule has 1 aliphatic rings. The van der Waals surface area contributed by atoms with E-state index in [0.29, 0.717) is 19.4 Å². The molecule has 0 unspecified atom stereocenters. The lowest BCUT2D eigenvalue weighted by atomic mass is 10.0. The molecule has 0 spiro atoms. The van der Waals surface area contributed by atoms with Crippen molar-refractivity contribution in [3.05, 3.63) is 52.7 Å². The number of halogens is 1. The number of carbonyl (C=O) groups excluding carboxylic acids is 1. The van der Waals surface area contributed by atoms with Crippen LogP contribution < -0.4 is 5.32 Å². The minimum Gasteiger partial charge on any atom is -0.355 e. The molecular weight excluding hydrogens is 393 g/mol. The summed E-state index contributed by atoms with van der Waals surface area (Å²) in [7, 11) is 0. The average Bonchev–Trinajstić information content (AvgIpc) is 3.36. The Morgan fingerprint density at radius 2 is 1.81 bits per heavy atom. The van der Waals surface area contributed by atoms with Crippen LogP contribution in [-0.2, 0) is 11.2 Å². The summed E-state index contributed by atoms with van der Waals surface area (Å²) >= 11 is 0. The summed E-state index contributed by atoms with van der Waals surface area (Å²) in [6.07, 6.45) is 3.58. The third-order valence-electron chi connectivity index (χ3n) is 6.18. The summed E-state index contributed by atoms with van der Waals surface area (Å²) in [5, 5.41) is 7.73. The zero-order valence-corrected chi connectivity index (χ0v) is 18.5.